The molecule has 1 amide bonds. The number of aryl methyl sites for hydroxylation is 2. The molecule has 1 aliphatic heterocycles. The van der Waals surface area contributed by atoms with Gasteiger partial charge in [0.15, 0.2) is 0 Å². The molecule has 0 atom stereocenters. The normalized spacial score (nSPS) is 14.6. The van der Waals surface area contributed by atoms with E-state index < -0.39 is 0 Å². The maximum absolute atomic E-state index is 13.7. The Morgan fingerprint density at radius 1 is 0.853 bits per heavy atom. The van der Waals surface area contributed by atoms with Gasteiger partial charge < -0.3 is 14.4 Å². The average Bonchev–Trinajstić information content (AvgIpc) is 2.88. The van der Waals surface area contributed by atoms with Crippen LogP contribution >= 0.6 is 0 Å². The van der Waals surface area contributed by atoms with E-state index in [0.29, 0.717) is 5.56 Å². The lowest BCUT2D eigenvalue weighted by Gasteiger charge is -2.39. The third kappa shape index (κ3) is 5.42. The molecule has 0 spiro atoms. The molecule has 3 aromatic rings. The van der Waals surface area contributed by atoms with E-state index in [2.05, 4.69) is 36.9 Å². The zero-order valence-electron chi connectivity index (χ0n) is 20.6. The number of hydrogen-bond acceptors (Lipinski definition) is 4. The van der Waals surface area contributed by atoms with Gasteiger partial charge in [-0.15, -0.1) is 0 Å². The topological polar surface area (TPSA) is 42.0 Å². The summed E-state index contributed by atoms with van der Waals surface area (Å²) in [5.74, 6) is 1.54. The summed E-state index contributed by atoms with van der Waals surface area (Å²) in [7, 11) is 3.28. The number of carbonyl (C=O) groups excluding carboxylic acids is 1. The molecular formula is C29H34N2O3. The maximum atomic E-state index is 13.7. The summed E-state index contributed by atoms with van der Waals surface area (Å²) in [4.78, 5) is 18.1. The number of methoxy groups -OCH3 is 2. The summed E-state index contributed by atoms with van der Waals surface area (Å²) in [6.07, 6.45) is 1.86. The minimum absolute atomic E-state index is 0.0143. The molecular weight excluding hydrogens is 424 g/mol. The zero-order chi connectivity index (χ0) is 24.1. The second-order valence-corrected chi connectivity index (χ2v) is 9.03. The van der Waals surface area contributed by atoms with Crippen LogP contribution in [0.15, 0.2) is 66.7 Å². The Hall–Kier alpha value is -3.31. The number of amides is 1. The Kier molecular flexibility index (Phi) is 7.53. The Morgan fingerprint density at radius 2 is 1.44 bits per heavy atom. The van der Waals surface area contributed by atoms with Crippen LogP contribution in [0.1, 0.15) is 39.9 Å². The van der Waals surface area contributed by atoms with E-state index in [0.717, 1.165) is 49.7 Å². The van der Waals surface area contributed by atoms with Crippen molar-refractivity contribution in [2.45, 2.75) is 39.3 Å². The van der Waals surface area contributed by atoms with Crippen molar-refractivity contribution in [3.8, 4) is 11.5 Å². The van der Waals surface area contributed by atoms with Crippen molar-refractivity contribution in [1.82, 2.24) is 4.90 Å². The summed E-state index contributed by atoms with van der Waals surface area (Å²) in [5.41, 5.74) is 5.57. The Labute approximate surface area is 202 Å². The van der Waals surface area contributed by atoms with Crippen LogP contribution in [0.3, 0.4) is 0 Å². The average molecular weight is 459 g/mol. The highest BCUT2D eigenvalue weighted by molar-refractivity contribution is 6.06. The van der Waals surface area contributed by atoms with E-state index in [1.54, 1.807) is 14.2 Å². The van der Waals surface area contributed by atoms with E-state index in [1.165, 1.54) is 16.7 Å². The molecule has 0 aliphatic carbocycles. The van der Waals surface area contributed by atoms with Crippen LogP contribution in [0.25, 0.3) is 0 Å². The highest BCUT2D eigenvalue weighted by Crippen LogP contribution is 2.29. The minimum Gasteiger partial charge on any atom is -0.497 e. The van der Waals surface area contributed by atoms with E-state index in [-0.39, 0.29) is 11.9 Å². The summed E-state index contributed by atoms with van der Waals surface area (Å²) in [6, 6.07) is 22.0. The van der Waals surface area contributed by atoms with Crippen molar-refractivity contribution in [2.24, 2.45) is 0 Å². The molecule has 3 aromatic carbocycles. The number of anilines is 1. The zero-order valence-corrected chi connectivity index (χ0v) is 20.6. The molecule has 178 valence electrons. The monoisotopic (exact) mass is 458 g/mol. The Bertz CT molecular complexity index is 1100. The predicted molar refractivity (Wildman–Crippen MR) is 137 cm³/mol. The fraction of sp³-hybridized carbons (Fsp3) is 0.345. The van der Waals surface area contributed by atoms with Crippen molar-refractivity contribution in [3.05, 3.63) is 89.0 Å². The molecule has 0 aromatic heterocycles. The third-order valence-corrected chi connectivity index (χ3v) is 6.81. The lowest BCUT2D eigenvalue weighted by Crippen LogP contribution is -2.47. The van der Waals surface area contributed by atoms with E-state index >= 15 is 0 Å². The second kappa shape index (κ2) is 10.7. The predicted octanol–water partition coefficient (Wildman–Crippen LogP) is 5.63. The number of benzene rings is 3. The van der Waals surface area contributed by atoms with Gasteiger partial charge in [-0.25, -0.2) is 0 Å². The largest absolute Gasteiger partial charge is 0.497 e. The lowest BCUT2D eigenvalue weighted by atomic mass is 9.99. The summed E-state index contributed by atoms with van der Waals surface area (Å²) in [6.45, 7) is 7.18. The van der Waals surface area contributed by atoms with Crippen molar-refractivity contribution < 1.29 is 14.3 Å². The quantitative estimate of drug-likeness (QED) is 0.460. The van der Waals surface area contributed by atoms with Crippen molar-refractivity contribution in [3.63, 3.8) is 0 Å². The third-order valence-electron chi connectivity index (χ3n) is 6.81. The van der Waals surface area contributed by atoms with Crippen LogP contribution in [-0.2, 0) is 6.54 Å². The molecule has 5 heteroatoms. The SMILES string of the molecule is COc1ccc(C(=O)N(c2ccc(OC)cc2)C2CCN(Cc3ccc(C)c(C)c3)CC2)cc1. The van der Waals surface area contributed by atoms with Crippen molar-refractivity contribution in [2.75, 3.05) is 32.2 Å². The first-order chi connectivity index (χ1) is 16.5. The highest BCUT2D eigenvalue weighted by atomic mass is 16.5. The molecule has 1 aliphatic rings. The molecule has 34 heavy (non-hydrogen) atoms. The molecule has 5 nitrogen and oxygen atoms in total. The van der Waals surface area contributed by atoms with Crippen LogP contribution in [0.4, 0.5) is 5.69 Å². The summed E-state index contributed by atoms with van der Waals surface area (Å²) in [5, 5.41) is 0. The standard InChI is InChI=1S/C29H34N2O3/c1-21-5-6-23(19-22(21)2)20-30-17-15-26(16-18-30)31(25-9-13-28(34-4)14-10-25)29(32)24-7-11-27(33-3)12-8-24/h5-14,19,26H,15-18,20H2,1-4H3. The second-order valence-electron chi connectivity index (χ2n) is 9.03. The molecule has 0 N–H and O–H groups in total. The van der Waals surface area contributed by atoms with Gasteiger partial charge in [-0.2, -0.15) is 0 Å². The molecule has 1 heterocycles. The van der Waals surface area contributed by atoms with Gasteiger partial charge in [0.25, 0.3) is 5.91 Å². The van der Waals surface area contributed by atoms with Crippen molar-refractivity contribution in [1.29, 1.82) is 0 Å². The van der Waals surface area contributed by atoms with Crippen LogP contribution in [-0.4, -0.2) is 44.2 Å². The number of carbonyl (C=O) groups is 1. The number of hydrogen-bond donors (Lipinski definition) is 0. The van der Waals surface area contributed by atoms with Gasteiger partial charge in [0.2, 0.25) is 0 Å². The van der Waals surface area contributed by atoms with Crippen LogP contribution in [0.5, 0.6) is 11.5 Å². The van der Waals surface area contributed by atoms with Crippen molar-refractivity contribution >= 4 is 11.6 Å². The maximum Gasteiger partial charge on any atom is 0.258 e. The first-order valence-electron chi connectivity index (χ1n) is 11.9. The molecule has 4 rings (SSSR count). The van der Waals surface area contributed by atoms with Gasteiger partial charge in [-0.3, -0.25) is 9.69 Å². The number of likely N-dealkylation sites (tertiary alicyclic amines) is 1. The van der Waals surface area contributed by atoms with E-state index in [9.17, 15) is 4.79 Å². The van der Waals surface area contributed by atoms with E-state index in [4.69, 9.17) is 9.47 Å². The van der Waals surface area contributed by atoms with Crippen LogP contribution in [0, 0.1) is 13.8 Å². The van der Waals surface area contributed by atoms with Gasteiger partial charge in [0, 0.05) is 36.9 Å². The van der Waals surface area contributed by atoms with Gasteiger partial charge >= 0.3 is 0 Å². The molecule has 0 bridgehead atoms. The number of ether oxygens (including phenoxy) is 2. The number of rotatable bonds is 7. The fourth-order valence-electron chi connectivity index (χ4n) is 4.61. The molecule has 0 saturated carbocycles. The number of piperidine rings is 1. The summed E-state index contributed by atoms with van der Waals surface area (Å²) < 4.78 is 10.6. The van der Waals surface area contributed by atoms with Gasteiger partial charge in [0.1, 0.15) is 11.5 Å². The minimum atomic E-state index is 0.0143. The van der Waals surface area contributed by atoms with Gasteiger partial charge in [-0.1, -0.05) is 18.2 Å². The van der Waals surface area contributed by atoms with Gasteiger partial charge in [-0.05, 0) is 91.9 Å². The smallest absolute Gasteiger partial charge is 0.258 e. The molecule has 1 fully saturated rings. The Balaban J connectivity index is 1.51. The lowest BCUT2D eigenvalue weighted by molar-refractivity contribution is 0.0958. The van der Waals surface area contributed by atoms with E-state index in [1.807, 2.05) is 53.4 Å². The first-order valence-corrected chi connectivity index (χ1v) is 11.9. The number of nitrogens with zero attached hydrogens (tertiary/aromatic N) is 2. The molecule has 0 unspecified atom stereocenters. The molecule has 0 radical (unpaired) electrons. The fourth-order valence-corrected chi connectivity index (χ4v) is 4.61. The van der Waals surface area contributed by atoms with Crippen LogP contribution in [0.2, 0.25) is 0 Å². The molecule has 1 saturated heterocycles. The van der Waals surface area contributed by atoms with Gasteiger partial charge in [0.05, 0.1) is 14.2 Å². The Morgan fingerprint density at radius 3 is 2.00 bits per heavy atom. The highest BCUT2D eigenvalue weighted by Gasteiger charge is 2.30. The summed E-state index contributed by atoms with van der Waals surface area (Å²) >= 11 is 0. The van der Waals surface area contributed by atoms with Crippen LogP contribution < -0.4 is 14.4 Å². The first kappa shape index (κ1) is 23.8.